The number of amides is 1. The van der Waals surface area contributed by atoms with Crippen LogP contribution in [0, 0.1) is 0 Å². The van der Waals surface area contributed by atoms with Crippen molar-refractivity contribution in [2.75, 3.05) is 7.11 Å². The molecule has 3 rings (SSSR count). The molecule has 1 atom stereocenters. The molecule has 1 aromatic heterocycles. The highest BCUT2D eigenvalue weighted by Gasteiger charge is 2.25. The first-order chi connectivity index (χ1) is 14.2. The third kappa shape index (κ3) is 4.46. The van der Waals surface area contributed by atoms with Crippen molar-refractivity contribution in [2.24, 2.45) is 5.73 Å². The number of hydrogen-bond donors (Lipinski definition) is 2. The topological polar surface area (TPSA) is 85.2 Å². The molecule has 1 unspecified atom stereocenters. The maximum absolute atomic E-state index is 12.6. The predicted octanol–water partition coefficient (Wildman–Crippen LogP) is 4.16. The summed E-state index contributed by atoms with van der Waals surface area (Å²) < 4.78 is 5.68. The molecule has 1 amide bonds. The van der Waals surface area contributed by atoms with E-state index < -0.39 is 11.8 Å². The van der Waals surface area contributed by atoms with Crippen LogP contribution in [0.15, 0.2) is 65.6 Å². The van der Waals surface area contributed by atoms with Gasteiger partial charge in [-0.05, 0) is 52.8 Å². The number of nitrogens with two attached hydrogens (primary N) is 1. The number of rotatable bonds is 6. The third-order valence-electron chi connectivity index (χ3n) is 5.31. The number of aromatic nitrogens is 1. The van der Waals surface area contributed by atoms with Crippen LogP contribution in [0.5, 0.6) is 5.75 Å². The number of methoxy groups -OCH3 is 1. The highest BCUT2D eigenvalue weighted by Crippen LogP contribution is 2.38. The van der Waals surface area contributed by atoms with Gasteiger partial charge in [-0.25, -0.2) is 0 Å². The Balaban J connectivity index is 2.23. The Kier molecular flexibility index (Phi) is 6.11. The third-order valence-corrected chi connectivity index (χ3v) is 5.31. The summed E-state index contributed by atoms with van der Waals surface area (Å²) in [5.74, 6) is -0.198. The summed E-state index contributed by atoms with van der Waals surface area (Å²) in [6.07, 6.45) is 1.97. The van der Waals surface area contributed by atoms with E-state index >= 15 is 0 Å². The number of ether oxygens (including phenoxy) is 1. The number of H-pyrrole nitrogens is 1. The standard InChI is InChI=1S/C25H28N2O3/c1-25(2,3)21-15-19(18-11-8-12-27-24(18)29)17(14-22(21)30-4)13-20(23(26)28)16-9-6-5-7-10-16/h5-12,14-15,20H,13H2,1-4H3,(H2,26,28)(H,27,29). The molecular weight excluding hydrogens is 376 g/mol. The summed E-state index contributed by atoms with van der Waals surface area (Å²) in [6, 6.07) is 17.0. The average Bonchev–Trinajstić information content (AvgIpc) is 2.71. The highest BCUT2D eigenvalue weighted by molar-refractivity contribution is 5.83. The van der Waals surface area contributed by atoms with Crippen molar-refractivity contribution < 1.29 is 9.53 Å². The summed E-state index contributed by atoms with van der Waals surface area (Å²) in [5, 5.41) is 0. The first-order valence-electron chi connectivity index (χ1n) is 9.96. The van der Waals surface area contributed by atoms with Gasteiger partial charge in [0.2, 0.25) is 5.91 Å². The van der Waals surface area contributed by atoms with Crippen LogP contribution < -0.4 is 16.0 Å². The molecule has 0 bridgehead atoms. The van der Waals surface area contributed by atoms with Gasteiger partial charge in [0.1, 0.15) is 5.75 Å². The molecule has 3 aromatic rings. The molecule has 5 nitrogen and oxygen atoms in total. The summed E-state index contributed by atoms with van der Waals surface area (Å²) in [7, 11) is 1.63. The van der Waals surface area contributed by atoms with Gasteiger partial charge in [0.25, 0.3) is 5.56 Å². The molecule has 1 heterocycles. The molecule has 156 valence electrons. The fourth-order valence-electron chi connectivity index (χ4n) is 3.72. The first kappa shape index (κ1) is 21.4. The Morgan fingerprint density at radius 1 is 1.07 bits per heavy atom. The normalized spacial score (nSPS) is 12.4. The van der Waals surface area contributed by atoms with Gasteiger partial charge in [0.15, 0.2) is 0 Å². The van der Waals surface area contributed by atoms with Gasteiger partial charge in [0, 0.05) is 17.3 Å². The number of nitrogens with one attached hydrogen (secondary N) is 1. The monoisotopic (exact) mass is 404 g/mol. The highest BCUT2D eigenvalue weighted by atomic mass is 16.5. The molecule has 3 N–H and O–H groups in total. The van der Waals surface area contributed by atoms with E-state index in [0.29, 0.717) is 12.0 Å². The van der Waals surface area contributed by atoms with Crippen molar-refractivity contribution in [3.63, 3.8) is 0 Å². The van der Waals surface area contributed by atoms with Crippen molar-refractivity contribution in [2.45, 2.75) is 38.5 Å². The average molecular weight is 405 g/mol. The fourth-order valence-corrected chi connectivity index (χ4v) is 3.72. The van der Waals surface area contributed by atoms with Gasteiger partial charge >= 0.3 is 0 Å². The zero-order chi connectivity index (χ0) is 21.9. The lowest BCUT2D eigenvalue weighted by Crippen LogP contribution is -2.24. The summed E-state index contributed by atoms with van der Waals surface area (Å²) in [6.45, 7) is 6.29. The molecule has 0 saturated carbocycles. The van der Waals surface area contributed by atoms with Gasteiger partial charge in [-0.3, -0.25) is 9.59 Å². The number of pyridine rings is 1. The van der Waals surface area contributed by atoms with E-state index in [1.807, 2.05) is 42.5 Å². The SMILES string of the molecule is COc1cc(CC(C(N)=O)c2ccccc2)c(-c2ccc[nH]c2=O)cc1C(C)(C)C. The second-order valence-electron chi connectivity index (χ2n) is 8.44. The first-order valence-corrected chi connectivity index (χ1v) is 9.96. The lowest BCUT2D eigenvalue weighted by atomic mass is 9.81. The summed E-state index contributed by atoms with van der Waals surface area (Å²) in [5.41, 5.74) is 9.40. The van der Waals surface area contributed by atoms with Crippen LogP contribution in [-0.2, 0) is 16.6 Å². The van der Waals surface area contributed by atoms with Crippen LogP contribution in [0.4, 0.5) is 0 Å². The van der Waals surface area contributed by atoms with E-state index in [9.17, 15) is 9.59 Å². The van der Waals surface area contributed by atoms with E-state index in [2.05, 4.69) is 25.8 Å². The van der Waals surface area contributed by atoms with Gasteiger partial charge in [-0.2, -0.15) is 0 Å². The Hall–Kier alpha value is -3.34. The molecule has 0 spiro atoms. The molecule has 0 radical (unpaired) electrons. The number of carbonyl (C=O) groups excluding carboxylic acids is 1. The van der Waals surface area contributed by atoms with Gasteiger partial charge in [-0.1, -0.05) is 51.1 Å². The van der Waals surface area contributed by atoms with Crippen LogP contribution in [0.2, 0.25) is 0 Å². The Morgan fingerprint density at radius 3 is 2.33 bits per heavy atom. The van der Waals surface area contributed by atoms with Crippen LogP contribution in [0.25, 0.3) is 11.1 Å². The Labute approximate surface area is 176 Å². The zero-order valence-electron chi connectivity index (χ0n) is 17.9. The van der Waals surface area contributed by atoms with Crippen molar-refractivity contribution in [1.29, 1.82) is 0 Å². The molecular formula is C25H28N2O3. The number of benzene rings is 2. The van der Waals surface area contributed by atoms with Crippen LogP contribution >= 0.6 is 0 Å². The maximum atomic E-state index is 12.6. The molecule has 5 heteroatoms. The van der Waals surface area contributed by atoms with Crippen molar-refractivity contribution >= 4 is 5.91 Å². The molecule has 0 saturated heterocycles. The molecule has 30 heavy (non-hydrogen) atoms. The minimum atomic E-state index is -0.516. The number of aromatic amines is 1. The molecule has 0 aliphatic carbocycles. The smallest absolute Gasteiger partial charge is 0.255 e. The van der Waals surface area contributed by atoms with E-state index in [0.717, 1.165) is 28.0 Å². The zero-order valence-corrected chi connectivity index (χ0v) is 17.9. The summed E-state index contributed by atoms with van der Waals surface area (Å²) >= 11 is 0. The quantitative estimate of drug-likeness (QED) is 0.647. The van der Waals surface area contributed by atoms with E-state index in [-0.39, 0.29) is 11.0 Å². The fraction of sp³-hybridized carbons (Fsp3) is 0.280. The van der Waals surface area contributed by atoms with Gasteiger partial charge in [0.05, 0.1) is 13.0 Å². The number of hydrogen-bond acceptors (Lipinski definition) is 3. The minimum absolute atomic E-state index is 0.181. The lowest BCUT2D eigenvalue weighted by molar-refractivity contribution is -0.119. The molecule has 0 aliphatic rings. The number of primary amides is 1. The van der Waals surface area contributed by atoms with Gasteiger partial charge < -0.3 is 15.5 Å². The van der Waals surface area contributed by atoms with Crippen molar-refractivity contribution in [1.82, 2.24) is 4.98 Å². The van der Waals surface area contributed by atoms with E-state index in [1.165, 1.54) is 0 Å². The number of carbonyl (C=O) groups is 1. The molecule has 0 aliphatic heterocycles. The van der Waals surface area contributed by atoms with Crippen LogP contribution in [0.3, 0.4) is 0 Å². The van der Waals surface area contributed by atoms with Crippen molar-refractivity contribution in [3.05, 3.63) is 87.8 Å². The van der Waals surface area contributed by atoms with Gasteiger partial charge in [-0.15, -0.1) is 0 Å². The second-order valence-corrected chi connectivity index (χ2v) is 8.44. The second kappa shape index (κ2) is 8.57. The van der Waals surface area contributed by atoms with E-state index in [1.54, 1.807) is 25.4 Å². The van der Waals surface area contributed by atoms with Crippen LogP contribution in [0.1, 0.15) is 43.4 Å². The Bertz CT molecular complexity index is 1100. The van der Waals surface area contributed by atoms with Crippen LogP contribution in [-0.4, -0.2) is 18.0 Å². The Morgan fingerprint density at radius 2 is 1.77 bits per heavy atom. The van der Waals surface area contributed by atoms with E-state index in [4.69, 9.17) is 10.5 Å². The molecule has 0 fully saturated rings. The van der Waals surface area contributed by atoms with Crippen molar-refractivity contribution in [3.8, 4) is 16.9 Å². The largest absolute Gasteiger partial charge is 0.496 e. The summed E-state index contributed by atoms with van der Waals surface area (Å²) in [4.78, 5) is 27.7. The lowest BCUT2D eigenvalue weighted by Gasteiger charge is -2.25. The maximum Gasteiger partial charge on any atom is 0.255 e. The predicted molar refractivity (Wildman–Crippen MR) is 120 cm³/mol. The molecule has 2 aromatic carbocycles. The minimum Gasteiger partial charge on any atom is -0.496 e.